The van der Waals surface area contributed by atoms with Crippen molar-refractivity contribution in [2.45, 2.75) is 0 Å². The summed E-state index contributed by atoms with van der Waals surface area (Å²) in [7, 11) is 0. The molecule has 0 radical (unpaired) electrons. The van der Waals surface area contributed by atoms with Gasteiger partial charge in [-0.3, -0.25) is 5.10 Å². The van der Waals surface area contributed by atoms with Crippen LogP contribution < -0.4 is 10.1 Å². The molecule has 0 aliphatic rings. The van der Waals surface area contributed by atoms with Crippen molar-refractivity contribution >= 4 is 34.4 Å². The molecule has 0 saturated heterocycles. The summed E-state index contributed by atoms with van der Waals surface area (Å²) in [5.41, 5.74) is 3.75. The Bertz CT molecular complexity index is 1290. The van der Waals surface area contributed by atoms with E-state index in [0.29, 0.717) is 0 Å². The molecule has 30 heavy (non-hydrogen) atoms. The van der Waals surface area contributed by atoms with E-state index in [9.17, 15) is 0 Å². The number of benzene rings is 3. The lowest BCUT2D eigenvalue weighted by Gasteiger charge is -2.10. The number of furan rings is 1. The van der Waals surface area contributed by atoms with Crippen LogP contribution in [0.1, 0.15) is 11.5 Å². The van der Waals surface area contributed by atoms with Crippen LogP contribution in [0.5, 0.6) is 11.5 Å². The predicted octanol–water partition coefficient (Wildman–Crippen LogP) is 6.86. The lowest BCUT2D eigenvalue weighted by atomic mass is 10.2. The van der Waals surface area contributed by atoms with Gasteiger partial charge in [0, 0.05) is 28.9 Å². The molecule has 0 amide bonds. The summed E-state index contributed by atoms with van der Waals surface area (Å²) >= 11 is 0. The number of nitrogens with zero attached hydrogens (tertiary/aromatic N) is 1. The van der Waals surface area contributed by atoms with Gasteiger partial charge in [0.25, 0.3) is 0 Å². The van der Waals surface area contributed by atoms with Crippen LogP contribution in [-0.2, 0) is 0 Å². The van der Waals surface area contributed by atoms with E-state index in [2.05, 4.69) is 15.5 Å². The first kappa shape index (κ1) is 17.8. The summed E-state index contributed by atoms with van der Waals surface area (Å²) < 4.78 is 11.4. The summed E-state index contributed by atoms with van der Waals surface area (Å²) in [6.45, 7) is 0. The maximum Gasteiger partial charge on any atom is 0.129 e. The third-order valence-electron chi connectivity index (χ3n) is 4.64. The minimum Gasteiger partial charge on any atom is -0.465 e. The molecule has 0 aliphatic carbocycles. The molecule has 0 unspecified atom stereocenters. The fourth-order valence-electron chi connectivity index (χ4n) is 3.22. The Morgan fingerprint density at radius 1 is 0.800 bits per heavy atom. The van der Waals surface area contributed by atoms with E-state index >= 15 is 0 Å². The van der Waals surface area contributed by atoms with Crippen LogP contribution in [0, 0.1) is 0 Å². The first-order chi connectivity index (χ1) is 14.8. The number of fused-ring (bicyclic) bond motifs is 1. The van der Waals surface area contributed by atoms with Gasteiger partial charge in [-0.05, 0) is 60.7 Å². The standard InChI is InChI=1S/C25H19N3O2/c1-2-6-18(7-3-1)26-19-8-4-9-21(16-19)30-22-11-13-23-24(27-28-25(23)17-22)14-12-20-10-5-15-29-20/h1-17,26H,(H,27,28)/b14-12+. The number of nitrogens with one attached hydrogen (secondary N) is 2. The highest BCUT2D eigenvalue weighted by molar-refractivity contribution is 5.89. The van der Waals surface area contributed by atoms with Gasteiger partial charge in [0.1, 0.15) is 17.3 Å². The zero-order valence-electron chi connectivity index (χ0n) is 16.1. The van der Waals surface area contributed by atoms with Gasteiger partial charge in [-0.15, -0.1) is 0 Å². The van der Waals surface area contributed by atoms with Gasteiger partial charge in [-0.25, -0.2) is 0 Å². The van der Waals surface area contributed by atoms with E-state index in [1.807, 2.05) is 97.1 Å². The number of rotatable bonds is 6. The minimum atomic E-state index is 0.740. The molecule has 0 atom stereocenters. The van der Waals surface area contributed by atoms with Crippen molar-refractivity contribution in [3.8, 4) is 11.5 Å². The van der Waals surface area contributed by atoms with E-state index in [-0.39, 0.29) is 0 Å². The van der Waals surface area contributed by atoms with Gasteiger partial charge < -0.3 is 14.5 Å². The van der Waals surface area contributed by atoms with Gasteiger partial charge in [0.05, 0.1) is 17.5 Å². The number of hydrogen-bond acceptors (Lipinski definition) is 4. The predicted molar refractivity (Wildman–Crippen MR) is 120 cm³/mol. The Balaban J connectivity index is 1.34. The number of ether oxygens (including phenoxy) is 1. The molecular weight excluding hydrogens is 374 g/mol. The van der Waals surface area contributed by atoms with Crippen molar-refractivity contribution in [2.75, 3.05) is 5.32 Å². The normalized spacial score (nSPS) is 11.2. The highest BCUT2D eigenvalue weighted by Gasteiger charge is 2.06. The van der Waals surface area contributed by atoms with Crippen LogP contribution in [0.3, 0.4) is 0 Å². The third-order valence-corrected chi connectivity index (χ3v) is 4.64. The van der Waals surface area contributed by atoms with Crippen LogP contribution in [0.25, 0.3) is 23.1 Å². The summed E-state index contributed by atoms with van der Waals surface area (Å²) in [4.78, 5) is 0. The zero-order valence-corrected chi connectivity index (χ0v) is 16.1. The van der Waals surface area contributed by atoms with E-state index in [0.717, 1.165) is 45.2 Å². The van der Waals surface area contributed by atoms with Crippen LogP contribution in [0.4, 0.5) is 11.4 Å². The maximum atomic E-state index is 6.07. The number of H-pyrrole nitrogens is 1. The SMILES string of the molecule is C(=C\c1n[nH]c2cc(Oc3cccc(Nc4ccccc4)c3)ccc12)/c1ccco1. The topological polar surface area (TPSA) is 63.1 Å². The highest BCUT2D eigenvalue weighted by Crippen LogP contribution is 2.29. The number of anilines is 2. The van der Waals surface area contributed by atoms with Crippen LogP contribution in [-0.4, -0.2) is 10.2 Å². The second kappa shape index (κ2) is 8.01. The number of aromatic amines is 1. The Hall–Kier alpha value is -4.25. The molecule has 5 rings (SSSR count). The molecule has 2 aromatic heterocycles. The van der Waals surface area contributed by atoms with Crippen molar-refractivity contribution in [3.63, 3.8) is 0 Å². The van der Waals surface area contributed by atoms with E-state index in [4.69, 9.17) is 9.15 Å². The summed E-state index contributed by atoms with van der Waals surface area (Å²) in [6.07, 6.45) is 5.47. The molecule has 0 saturated carbocycles. The second-order valence-electron chi connectivity index (χ2n) is 6.79. The average Bonchev–Trinajstić information content (AvgIpc) is 3.43. The van der Waals surface area contributed by atoms with Crippen LogP contribution >= 0.6 is 0 Å². The Labute approximate surface area is 173 Å². The molecule has 2 heterocycles. The number of hydrogen-bond donors (Lipinski definition) is 2. The minimum absolute atomic E-state index is 0.740. The van der Waals surface area contributed by atoms with Crippen molar-refractivity contribution in [3.05, 3.63) is 103 Å². The Morgan fingerprint density at radius 2 is 1.67 bits per heavy atom. The molecule has 0 fully saturated rings. The van der Waals surface area contributed by atoms with Gasteiger partial charge in [-0.2, -0.15) is 5.10 Å². The van der Waals surface area contributed by atoms with Crippen LogP contribution in [0.15, 0.2) is 95.6 Å². The quantitative estimate of drug-likeness (QED) is 0.331. The number of aromatic nitrogens is 2. The zero-order chi connectivity index (χ0) is 20.2. The average molecular weight is 393 g/mol. The van der Waals surface area contributed by atoms with Gasteiger partial charge in [0.15, 0.2) is 0 Å². The van der Waals surface area contributed by atoms with Crippen molar-refractivity contribution < 1.29 is 9.15 Å². The molecule has 3 aromatic carbocycles. The van der Waals surface area contributed by atoms with E-state index < -0.39 is 0 Å². The van der Waals surface area contributed by atoms with E-state index in [1.54, 1.807) is 6.26 Å². The number of para-hydroxylation sites is 1. The third kappa shape index (κ3) is 3.95. The summed E-state index contributed by atoms with van der Waals surface area (Å²) in [5, 5.41) is 11.8. The maximum absolute atomic E-state index is 6.07. The largest absolute Gasteiger partial charge is 0.465 e. The Morgan fingerprint density at radius 3 is 2.53 bits per heavy atom. The Kier molecular flexibility index (Phi) is 4.76. The van der Waals surface area contributed by atoms with Gasteiger partial charge in [-0.1, -0.05) is 24.3 Å². The van der Waals surface area contributed by atoms with E-state index in [1.165, 1.54) is 0 Å². The molecular formula is C25H19N3O2. The molecule has 0 aliphatic heterocycles. The first-order valence-electron chi connectivity index (χ1n) is 9.63. The molecule has 5 heteroatoms. The fraction of sp³-hybridized carbons (Fsp3) is 0. The summed E-state index contributed by atoms with van der Waals surface area (Å²) in [5.74, 6) is 2.28. The lowest BCUT2D eigenvalue weighted by molar-refractivity contribution is 0.483. The molecule has 2 N–H and O–H groups in total. The molecule has 5 nitrogen and oxygen atoms in total. The van der Waals surface area contributed by atoms with Crippen molar-refractivity contribution in [1.82, 2.24) is 10.2 Å². The summed E-state index contributed by atoms with van der Waals surface area (Å²) in [6, 6.07) is 27.6. The van der Waals surface area contributed by atoms with Gasteiger partial charge >= 0.3 is 0 Å². The van der Waals surface area contributed by atoms with Crippen LogP contribution in [0.2, 0.25) is 0 Å². The molecule has 0 spiro atoms. The second-order valence-corrected chi connectivity index (χ2v) is 6.79. The molecule has 5 aromatic rings. The van der Waals surface area contributed by atoms with Crippen molar-refractivity contribution in [1.29, 1.82) is 0 Å². The monoisotopic (exact) mass is 393 g/mol. The molecule has 0 bridgehead atoms. The highest BCUT2D eigenvalue weighted by atomic mass is 16.5. The smallest absolute Gasteiger partial charge is 0.129 e. The van der Waals surface area contributed by atoms with Crippen molar-refractivity contribution in [2.24, 2.45) is 0 Å². The lowest BCUT2D eigenvalue weighted by Crippen LogP contribution is -1.91. The first-order valence-corrected chi connectivity index (χ1v) is 9.63. The fourth-order valence-corrected chi connectivity index (χ4v) is 3.22. The van der Waals surface area contributed by atoms with Gasteiger partial charge in [0.2, 0.25) is 0 Å². The molecule has 146 valence electrons.